The number of anilines is 2. The lowest BCUT2D eigenvalue weighted by molar-refractivity contribution is -0.120. The van der Waals surface area contributed by atoms with Crippen molar-refractivity contribution in [2.45, 2.75) is 6.92 Å². The summed E-state index contributed by atoms with van der Waals surface area (Å²) >= 11 is 1.09. The lowest BCUT2D eigenvalue weighted by Crippen LogP contribution is -2.37. The Balaban J connectivity index is 1.63. The first kappa shape index (κ1) is 16.7. The number of para-hydroxylation sites is 1. The topological polar surface area (TPSA) is 67.8 Å². The number of aromatic nitrogens is 2. The Labute approximate surface area is 145 Å². The molecule has 0 atom stereocenters. The number of nitrogens with zero attached hydrogens (tertiary/aromatic N) is 4. The molecule has 1 aromatic carbocycles. The predicted molar refractivity (Wildman–Crippen MR) is 92.9 cm³/mol. The fourth-order valence-electron chi connectivity index (χ4n) is 2.55. The third-order valence-electron chi connectivity index (χ3n) is 3.77. The molecule has 1 fully saturated rings. The molecule has 8 heteroatoms. The molecule has 1 amide bonds. The van der Waals surface area contributed by atoms with Gasteiger partial charge in [0.1, 0.15) is 0 Å². The van der Waals surface area contributed by atoms with Crippen LogP contribution in [0, 0.1) is 0 Å². The van der Waals surface area contributed by atoms with E-state index in [1.54, 1.807) is 4.90 Å². The number of rotatable bonds is 6. The summed E-state index contributed by atoms with van der Waals surface area (Å²) in [5.74, 6) is 1.00. The Hall–Kier alpha value is -2.19. The molecule has 3 rings (SSSR count). The lowest BCUT2D eigenvalue weighted by atomic mass is 10.3. The van der Waals surface area contributed by atoms with E-state index in [-0.39, 0.29) is 12.5 Å². The second-order valence-corrected chi connectivity index (χ2v) is 5.78. The van der Waals surface area contributed by atoms with Crippen molar-refractivity contribution in [3.8, 4) is 5.88 Å². The standard InChI is InChI=1S/C16H20N4O3S/c1-2-20(13-6-4-3-5-7-13)14(21)12-23-16-15(17-24-18-16)19-8-10-22-11-9-19/h3-7H,2,8-12H2,1H3. The average molecular weight is 348 g/mol. The lowest BCUT2D eigenvalue weighted by Gasteiger charge is -2.27. The summed E-state index contributed by atoms with van der Waals surface area (Å²) in [6, 6.07) is 9.56. The number of ether oxygens (including phenoxy) is 2. The number of hydrogen-bond donors (Lipinski definition) is 0. The number of benzene rings is 1. The molecule has 0 bridgehead atoms. The van der Waals surface area contributed by atoms with E-state index >= 15 is 0 Å². The molecule has 2 aromatic rings. The van der Waals surface area contributed by atoms with Gasteiger partial charge in [0.25, 0.3) is 11.8 Å². The minimum absolute atomic E-state index is 0.0640. The maximum absolute atomic E-state index is 12.5. The van der Waals surface area contributed by atoms with Crippen LogP contribution in [0.2, 0.25) is 0 Å². The molecule has 0 spiro atoms. The Morgan fingerprint density at radius 2 is 2.04 bits per heavy atom. The van der Waals surface area contributed by atoms with Gasteiger partial charge in [-0.05, 0) is 19.1 Å². The van der Waals surface area contributed by atoms with E-state index in [1.165, 1.54) is 0 Å². The highest BCUT2D eigenvalue weighted by atomic mass is 32.1. The summed E-state index contributed by atoms with van der Waals surface area (Å²) in [6.45, 7) is 5.28. The average Bonchev–Trinajstić information content (AvgIpc) is 3.11. The Bertz CT molecular complexity index is 658. The van der Waals surface area contributed by atoms with Gasteiger partial charge in [0.2, 0.25) is 5.82 Å². The van der Waals surface area contributed by atoms with E-state index in [2.05, 4.69) is 13.6 Å². The van der Waals surface area contributed by atoms with Gasteiger partial charge in [-0.15, -0.1) is 4.37 Å². The van der Waals surface area contributed by atoms with Crippen molar-refractivity contribution < 1.29 is 14.3 Å². The second-order valence-electron chi connectivity index (χ2n) is 5.25. The van der Waals surface area contributed by atoms with Crippen LogP contribution in [0.15, 0.2) is 30.3 Å². The summed E-state index contributed by atoms with van der Waals surface area (Å²) < 4.78 is 19.5. The molecule has 2 heterocycles. The molecule has 0 saturated carbocycles. The predicted octanol–water partition coefficient (Wildman–Crippen LogP) is 1.81. The largest absolute Gasteiger partial charge is 0.464 e. The van der Waals surface area contributed by atoms with Gasteiger partial charge in [-0.2, -0.15) is 4.37 Å². The normalized spacial score (nSPS) is 14.5. The van der Waals surface area contributed by atoms with E-state index in [9.17, 15) is 4.79 Å². The molecule has 0 N–H and O–H groups in total. The molecule has 1 aliphatic rings. The second kappa shape index (κ2) is 8.07. The van der Waals surface area contributed by atoms with Gasteiger partial charge in [0.05, 0.1) is 24.9 Å². The minimum atomic E-state index is -0.107. The Kier molecular flexibility index (Phi) is 5.60. The van der Waals surface area contributed by atoms with Crippen molar-refractivity contribution in [3.63, 3.8) is 0 Å². The molecule has 1 aliphatic heterocycles. The number of carbonyl (C=O) groups is 1. The van der Waals surface area contributed by atoms with Crippen molar-refractivity contribution in [1.29, 1.82) is 0 Å². The zero-order valence-electron chi connectivity index (χ0n) is 13.6. The molecular weight excluding hydrogens is 328 g/mol. The van der Waals surface area contributed by atoms with E-state index in [0.29, 0.717) is 31.5 Å². The van der Waals surface area contributed by atoms with Crippen LogP contribution in [0.5, 0.6) is 5.88 Å². The van der Waals surface area contributed by atoms with Gasteiger partial charge >= 0.3 is 0 Å². The maximum Gasteiger partial charge on any atom is 0.271 e. The molecule has 0 aliphatic carbocycles. The van der Waals surface area contributed by atoms with Gasteiger partial charge in [0.15, 0.2) is 6.61 Å². The molecule has 1 aromatic heterocycles. The number of likely N-dealkylation sites (N-methyl/N-ethyl adjacent to an activating group) is 1. The van der Waals surface area contributed by atoms with Crippen molar-refractivity contribution in [1.82, 2.24) is 8.75 Å². The SMILES string of the molecule is CCN(C(=O)COc1nsnc1N1CCOCC1)c1ccccc1. The number of morpholine rings is 1. The van der Waals surface area contributed by atoms with Gasteiger partial charge < -0.3 is 19.3 Å². The molecular formula is C16H20N4O3S. The first-order valence-corrected chi connectivity index (χ1v) is 8.66. The van der Waals surface area contributed by atoms with Gasteiger partial charge in [-0.1, -0.05) is 18.2 Å². The summed E-state index contributed by atoms with van der Waals surface area (Å²) in [4.78, 5) is 16.2. The van der Waals surface area contributed by atoms with E-state index < -0.39 is 0 Å². The van der Waals surface area contributed by atoms with E-state index in [4.69, 9.17) is 9.47 Å². The molecule has 1 saturated heterocycles. The van der Waals surface area contributed by atoms with E-state index in [1.807, 2.05) is 37.3 Å². The first-order valence-electron chi connectivity index (χ1n) is 7.93. The third-order valence-corrected chi connectivity index (χ3v) is 4.27. The zero-order valence-corrected chi connectivity index (χ0v) is 14.4. The number of hydrogen-bond acceptors (Lipinski definition) is 7. The smallest absolute Gasteiger partial charge is 0.271 e. The van der Waals surface area contributed by atoms with Crippen molar-refractivity contribution in [3.05, 3.63) is 30.3 Å². The summed E-state index contributed by atoms with van der Waals surface area (Å²) in [5, 5.41) is 0. The highest BCUT2D eigenvalue weighted by molar-refractivity contribution is 6.99. The first-order chi connectivity index (χ1) is 11.8. The number of carbonyl (C=O) groups excluding carboxylic acids is 1. The van der Waals surface area contributed by atoms with Crippen molar-refractivity contribution >= 4 is 29.1 Å². The van der Waals surface area contributed by atoms with Gasteiger partial charge in [-0.25, -0.2) is 0 Å². The van der Waals surface area contributed by atoms with Crippen LogP contribution in [0.1, 0.15) is 6.92 Å². The van der Waals surface area contributed by atoms with Crippen LogP contribution in [-0.4, -0.2) is 54.1 Å². The van der Waals surface area contributed by atoms with E-state index in [0.717, 1.165) is 30.5 Å². The highest BCUT2D eigenvalue weighted by Gasteiger charge is 2.21. The Morgan fingerprint density at radius 1 is 1.29 bits per heavy atom. The molecule has 128 valence electrons. The quantitative estimate of drug-likeness (QED) is 0.793. The van der Waals surface area contributed by atoms with Crippen molar-refractivity contribution in [2.24, 2.45) is 0 Å². The van der Waals surface area contributed by atoms with Gasteiger partial charge in [0, 0.05) is 25.3 Å². The van der Waals surface area contributed by atoms with Crippen molar-refractivity contribution in [2.75, 3.05) is 49.3 Å². The molecule has 24 heavy (non-hydrogen) atoms. The van der Waals surface area contributed by atoms with Crippen LogP contribution in [0.25, 0.3) is 0 Å². The third kappa shape index (κ3) is 3.82. The van der Waals surface area contributed by atoms with Crippen LogP contribution in [-0.2, 0) is 9.53 Å². The highest BCUT2D eigenvalue weighted by Crippen LogP contribution is 2.26. The Morgan fingerprint density at radius 3 is 2.75 bits per heavy atom. The fraction of sp³-hybridized carbons (Fsp3) is 0.438. The maximum atomic E-state index is 12.5. The minimum Gasteiger partial charge on any atom is -0.464 e. The fourth-order valence-corrected chi connectivity index (χ4v) is 3.07. The monoisotopic (exact) mass is 348 g/mol. The van der Waals surface area contributed by atoms with Gasteiger partial charge in [-0.3, -0.25) is 4.79 Å². The summed E-state index contributed by atoms with van der Waals surface area (Å²) in [6.07, 6.45) is 0. The van der Waals surface area contributed by atoms with Crippen LogP contribution < -0.4 is 14.5 Å². The summed E-state index contributed by atoms with van der Waals surface area (Å²) in [5.41, 5.74) is 0.860. The molecule has 7 nitrogen and oxygen atoms in total. The van der Waals surface area contributed by atoms with Crippen LogP contribution in [0.3, 0.4) is 0 Å². The van der Waals surface area contributed by atoms with Crippen LogP contribution >= 0.6 is 11.7 Å². The number of amides is 1. The zero-order chi connectivity index (χ0) is 16.8. The van der Waals surface area contributed by atoms with Crippen LogP contribution in [0.4, 0.5) is 11.5 Å². The molecule has 0 unspecified atom stereocenters. The summed E-state index contributed by atoms with van der Waals surface area (Å²) in [7, 11) is 0. The molecule has 0 radical (unpaired) electrons.